The van der Waals surface area contributed by atoms with Crippen LogP contribution in [0.4, 0.5) is 11.6 Å². The van der Waals surface area contributed by atoms with Gasteiger partial charge in [0.05, 0.1) is 28.8 Å². The highest BCUT2D eigenvalue weighted by Gasteiger charge is 2.25. The number of amides is 1. The van der Waals surface area contributed by atoms with Crippen LogP contribution >= 0.6 is 11.8 Å². The number of nitro groups is 1. The van der Waals surface area contributed by atoms with Gasteiger partial charge >= 0.3 is 11.9 Å². The first-order chi connectivity index (χ1) is 14.0. The molecule has 0 aliphatic carbocycles. The number of ether oxygens (including phenoxy) is 1. The number of nitrogens with one attached hydrogen (secondary N) is 1. The van der Waals surface area contributed by atoms with E-state index in [-0.39, 0.29) is 17.6 Å². The van der Waals surface area contributed by atoms with Gasteiger partial charge in [-0.1, -0.05) is 13.3 Å². The lowest BCUT2D eigenvalue weighted by atomic mass is 10.2. The summed E-state index contributed by atoms with van der Waals surface area (Å²) in [5.74, 6) is -0.980. The largest absolute Gasteiger partial charge is 0.462 e. The lowest BCUT2D eigenvalue weighted by molar-refractivity contribution is -0.402. The van der Waals surface area contributed by atoms with E-state index in [0.29, 0.717) is 27.9 Å². The van der Waals surface area contributed by atoms with Gasteiger partial charge in [-0.15, -0.1) is 0 Å². The molecule has 1 saturated heterocycles. The van der Waals surface area contributed by atoms with Crippen molar-refractivity contribution in [2.45, 2.75) is 19.8 Å². The molecule has 1 N–H and O–H groups in total. The monoisotopic (exact) mass is 415 g/mol. The summed E-state index contributed by atoms with van der Waals surface area (Å²) in [6.07, 6.45) is 3.17. The van der Waals surface area contributed by atoms with E-state index >= 15 is 0 Å². The fraction of sp³-hybridized carbons (Fsp3) is 0.211. The third-order valence-electron chi connectivity index (χ3n) is 3.78. The molecule has 1 aliphatic rings. The molecular weight excluding hydrogens is 398 g/mol. The van der Waals surface area contributed by atoms with Crippen LogP contribution in [0.25, 0.3) is 6.08 Å². The van der Waals surface area contributed by atoms with Crippen LogP contribution in [0.5, 0.6) is 0 Å². The number of amidine groups is 1. The number of carbonyl (C=O) groups excluding carboxylic acids is 2. The zero-order valence-electron chi connectivity index (χ0n) is 15.4. The van der Waals surface area contributed by atoms with E-state index in [9.17, 15) is 19.7 Å². The molecule has 29 heavy (non-hydrogen) atoms. The summed E-state index contributed by atoms with van der Waals surface area (Å²) in [5, 5.41) is 13.6. The van der Waals surface area contributed by atoms with E-state index in [1.165, 1.54) is 18.2 Å². The molecule has 9 nitrogen and oxygen atoms in total. The maximum absolute atomic E-state index is 12.1. The average Bonchev–Trinajstić information content (AvgIpc) is 3.30. The molecule has 0 spiro atoms. The lowest BCUT2D eigenvalue weighted by Gasteiger charge is -2.04. The number of thioether (sulfide) groups is 1. The molecule has 10 heteroatoms. The number of rotatable bonds is 7. The van der Waals surface area contributed by atoms with Gasteiger partial charge in [-0.05, 0) is 48.5 Å². The van der Waals surface area contributed by atoms with Gasteiger partial charge < -0.3 is 14.5 Å². The van der Waals surface area contributed by atoms with Gasteiger partial charge in [0.2, 0.25) is 0 Å². The number of carbonyl (C=O) groups is 2. The first kappa shape index (κ1) is 20.3. The molecule has 1 fully saturated rings. The Morgan fingerprint density at radius 3 is 2.72 bits per heavy atom. The van der Waals surface area contributed by atoms with Crippen molar-refractivity contribution in [1.82, 2.24) is 5.32 Å². The van der Waals surface area contributed by atoms with Crippen molar-refractivity contribution in [2.75, 3.05) is 6.61 Å². The van der Waals surface area contributed by atoms with Crippen molar-refractivity contribution in [1.29, 1.82) is 0 Å². The number of aliphatic imine (C=N–C) groups is 1. The van der Waals surface area contributed by atoms with E-state index < -0.39 is 10.8 Å². The van der Waals surface area contributed by atoms with Crippen LogP contribution in [-0.4, -0.2) is 28.6 Å². The predicted octanol–water partition coefficient (Wildman–Crippen LogP) is 4.04. The second kappa shape index (κ2) is 9.20. The number of furan rings is 1. The molecule has 1 aliphatic heterocycles. The predicted molar refractivity (Wildman–Crippen MR) is 108 cm³/mol. The number of hydrogen-bond donors (Lipinski definition) is 1. The van der Waals surface area contributed by atoms with Crippen molar-refractivity contribution >= 4 is 46.5 Å². The maximum Gasteiger partial charge on any atom is 0.433 e. The minimum atomic E-state index is -0.653. The van der Waals surface area contributed by atoms with Gasteiger partial charge in [-0.25, -0.2) is 9.79 Å². The van der Waals surface area contributed by atoms with E-state index in [2.05, 4.69) is 10.3 Å². The molecule has 2 heterocycles. The molecule has 0 radical (unpaired) electrons. The van der Waals surface area contributed by atoms with Gasteiger partial charge in [0, 0.05) is 6.08 Å². The van der Waals surface area contributed by atoms with Crippen molar-refractivity contribution in [3.8, 4) is 0 Å². The summed E-state index contributed by atoms with van der Waals surface area (Å²) in [5.41, 5.74) is 0.973. The molecule has 150 valence electrons. The first-order valence-corrected chi connectivity index (χ1v) is 9.59. The van der Waals surface area contributed by atoms with Crippen molar-refractivity contribution in [2.24, 2.45) is 4.99 Å². The van der Waals surface area contributed by atoms with E-state index in [1.54, 1.807) is 24.3 Å². The van der Waals surface area contributed by atoms with Crippen molar-refractivity contribution < 1.29 is 23.7 Å². The Morgan fingerprint density at radius 1 is 1.31 bits per heavy atom. The third kappa shape index (κ3) is 5.32. The summed E-state index contributed by atoms with van der Waals surface area (Å²) in [7, 11) is 0. The summed E-state index contributed by atoms with van der Waals surface area (Å²) in [4.78, 5) is 38.6. The summed E-state index contributed by atoms with van der Waals surface area (Å²) >= 11 is 1.08. The number of hydrogen-bond acceptors (Lipinski definition) is 8. The average molecular weight is 415 g/mol. The quantitative estimate of drug-likeness (QED) is 0.238. The summed E-state index contributed by atoms with van der Waals surface area (Å²) in [6.45, 7) is 2.40. The molecule has 2 aromatic rings. The van der Waals surface area contributed by atoms with Crippen LogP contribution < -0.4 is 5.32 Å². The van der Waals surface area contributed by atoms with Crippen LogP contribution in [0.15, 0.2) is 50.7 Å². The Morgan fingerprint density at radius 2 is 2.07 bits per heavy atom. The molecule has 0 atom stereocenters. The van der Waals surface area contributed by atoms with Crippen LogP contribution in [0.1, 0.15) is 35.9 Å². The van der Waals surface area contributed by atoms with Crippen LogP contribution in [0, 0.1) is 10.1 Å². The van der Waals surface area contributed by atoms with Gasteiger partial charge in [0.15, 0.2) is 5.17 Å². The van der Waals surface area contributed by atoms with E-state index in [4.69, 9.17) is 9.15 Å². The lowest BCUT2D eigenvalue weighted by Crippen LogP contribution is -2.19. The van der Waals surface area contributed by atoms with Gasteiger partial charge in [0.25, 0.3) is 5.91 Å². The normalized spacial score (nSPS) is 16.2. The third-order valence-corrected chi connectivity index (χ3v) is 4.69. The molecule has 1 amide bonds. The van der Waals surface area contributed by atoms with Gasteiger partial charge in [-0.2, -0.15) is 0 Å². The summed E-state index contributed by atoms with van der Waals surface area (Å²) in [6, 6.07) is 9.13. The van der Waals surface area contributed by atoms with Crippen molar-refractivity contribution in [3.63, 3.8) is 0 Å². The molecule has 1 aromatic carbocycles. The van der Waals surface area contributed by atoms with E-state index in [0.717, 1.165) is 24.6 Å². The molecule has 0 saturated carbocycles. The van der Waals surface area contributed by atoms with Gasteiger partial charge in [-0.3, -0.25) is 14.9 Å². The Hall–Kier alpha value is -3.40. The number of unbranched alkanes of at least 4 members (excludes halogenated alkanes) is 1. The SMILES string of the molecule is CCCCOC(=O)c1ccc(N=C2NC(=O)/C(=C/c3ccc([N+](=O)[O-])o3)S2)cc1. The fourth-order valence-corrected chi connectivity index (χ4v) is 3.13. The highest BCUT2D eigenvalue weighted by Crippen LogP contribution is 2.29. The smallest absolute Gasteiger partial charge is 0.433 e. The highest BCUT2D eigenvalue weighted by atomic mass is 32.2. The Kier molecular flexibility index (Phi) is 6.45. The zero-order chi connectivity index (χ0) is 20.8. The van der Waals surface area contributed by atoms with Crippen LogP contribution in [-0.2, 0) is 9.53 Å². The second-order valence-electron chi connectivity index (χ2n) is 5.95. The maximum atomic E-state index is 12.1. The van der Waals surface area contributed by atoms with Crippen molar-refractivity contribution in [3.05, 3.63) is 62.7 Å². The van der Waals surface area contributed by atoms with Crippen LogP contribution in [0.2, 0.25) is 0 Å². The molecular formula is C19H17N3O6S. The Balaban J connectivity index is 1.66. The van der Waals surface area contributed by atoms with Crippen LogP contribution in [0.3, 0.4) is 0 Å². The number of benzene rings is 1. The molecule has 0 bridgehead atoms. The summed E-state index contributed by atoms with van der Waals surface area (Å²) < 4.78 is 10.2. The van der Waals surface area contributed by atoms with Gasteiger partial charge in [0.1, 0.15) is 10.7 Å². The van der Waals surface area contributed by atoms with E-state index in [1.807, 2.05) is 6.92 Å². The number of esters is 1. The minimum absolute atomic E-state index is 0.196. The minimum Gasteiger partial charge on any atom is -0.462 e. The Bertz CT molecular complexity index is 994. The number of nitrogens with zero attached hydrogens (tertiary/aromatic N) is 2. The molecule has 0 unspecified atom stereocenters. The first-order valence-electron chi connectivity index (χ1n) is 8.77. The topological polar surface area (TPSA) is 124 Å². The molecule has 3 rings (SSSR count). The fourth-order valence-electron chi connectivity index (χ4n) is 2.31. The second-order valence-corrected chi connectivity index (χ2v) is 6.98. The molecule has 1 aromatic heterocycles. The standard InChI is InChI=1S/C19H17N3O6S/c1-2-3-10-27-18(24)12-4-6-13(7-5-12)20-19-21-17(23)15(29-19)11-14-8-9-16(28-14)22(25)26/h4-9,11H,2-3,10H2,1H3,(H,20,21,23)/b15-11-. The highest BCUT2D eigenvalue weighted by molar-refractivity contribution is 8.18. The Labute approximate surface area is 170 Å². The zero-order valence-corrected chi connectivity index (χ0v) is 16.2.